The Kier molecular flexibility index (Phi) is 7.55. The van der Waals surface area contributed by atoms with Crippen LogP contribution in [0.5, 0.6) is 5.75 Å². The monoisotopic (exact) mass is 388 g/mol. The number of ether oxygens (including phenoxy) is 1. The lowest BCUT2D eigenvalue weighted by atomic mass is 9.90. The minimum absolute atomic E-state index is 0. The van der Waals surface area contributed by atoms with Crippen LogP contribution in [-0.4, -0.2) is 39.0 Å². The van der Waals surface area contributed by atoms with Crippen molar-refractivity contribution < 1.29 is 13.2 Å². The van der Waals surface area contributed by atoms with E-state index in [1.807, 2.05) is 0 Å². The first-order valence-electron chi connectivity index (χ1n) is 9.02. The molecule has 1 saturated carbocycles. The molecule has 1 saturated heterocycles. The molecule has 1 heterocycles. The van der Waals surface area contributed by atoms with Crippen molar-refractivity contribution in [3.8, 4) is 5.75 Å². The number of nitrogens with zero attached hydrogens (tertiary/aromatic N) is 1. The number of hydrogen-bond donors (Lipinski definition) is 1. The van der Waals surface area contributed by atoms with E-state index in [0.29, 0.717) is 30.4 Å². The third-order valence-electron chi connectivity index (χ3n) is 5.25. The summed E-state index contributed by atoms with van der Waals surface area (Å²) in [5, 5.41) is 0. The molecule has 1 aliphatic heterocycles. The molecule has 0 spiro atoms. The molecule has 1 atom stereocenters. The Morgan fingerprint density at radius 3 is 2.32 bits per heavy atom. The molecule has 7 heteroatoms. The van der Waals surface area contributed by atoms with E-state index in [-0.39, 0.29) is 18.3 Å². The molecule has 1 unspecified atom stereocenters. The quantitative estimate of drug-likeness (QED) is 0.812. The van der Waals surface area contributed by atoms with E-state index in [0.717, 1.165) is 18.8 Å². The Hall–Kier alpha value is -0.820. The van der Waals surface area contributed by atoms with Crippen LogP contribution >= 0.6 is 12.4 Å². The summed E-state index contributed by atoms with van der Waals surface area (Å²) < 4.78 is 32.7. The van der Waals surface area contributed by atoms with Gasteiger partial charge in [0.25, 0.3) is 0 Å². The fraction of sp³-hybridized carbons (Fsp3) is 0.667. The second-order valence-corrected chi connectivity index (χ2v) is 8.98. The molecule has 5 nitrogen and oxygen atoms in total. The first-order valence-corrected chi connectivity index (χ1v) is 10.5. The molecule has 2 aliphatic rings. The molecule has 0 amide bonds. The van der Waals surface area contributed by atoms with Gasteiger partial charge in [-0.2, -0.15) is 4.31 Å². The van der Waals surface area contributed by atoms with Crippen LogP contribution in [-0.2, 0) is 10.0 Å². The van der Waals surface area contributed by atoms with Gasteiger partial charge < -0.3 is 10.5 Å². The zero-order valence-corrected chi connectivity index (χ0v) is 16.2. The van der Waals surface area contributed by atoms with E-state index in [9.17, 15) is 8.42 Å². The molecule has 1 aliphatic carbocycles. The number of benzene rings is 1. The maximum Gasteiger partial charge on any atom is 0.243 e. The molecule has 1 aromatic carbocycles. The van der Waals surface area contributed by atoms with Crippen molar-refractivity contribution >= 4 is 22.4 Å². The number of sulfonamides is 1. The lowest BCUT2D eigenvalue weighted by Crippen LogP contribution is -2.30. The van der Waals surface area contributed by atoms with Crippen LogP contribution in [0, 0.1) is 11.8 Å². The van der Waals surface area contributed by atoms with Gasteiger partial charge in [0.2, 0.25) is 10.0 Å². The van der Waals surface area contributed by atoms with Crippen molar-refractivity contribution in [1.29, 1.82) is 0 Å². The standard InChI is InChI=1S/C18H28N2O3S.ClH/c19-12-16-10-11-20(13-16)24(21,22)18-8-6-17(7-9-18)23-14-15-4-2-1-3-5-15;/h6-9,15-16H,1-5,10-14,19H2;1H. The van der Waals surface area contributed by atoms with Gasteiger partial charge >= 0.3 is 0 Å². The highest BCUT2D eigenvalue weighted by molar-refractivity contribution is 7.89. The highest BCUT2D eigenvalue weighted by Crippen LogP contribution is 2.27. The molecule has 1 aromatic rings. The van der Waals surface area contributed by atoms with Crippen LogP contribution in [0.2, 0.25) is 0 Å². The molecular weight excluding hydrogens is 360 g/mol. The van der Waals surface area contributed by atoms with E-state index in [1.54, 1.807) is 28.6 Å². The molecular formula is C18H29ClN2O3S. The van der Waals surface area contributed by atoms with Gasteiger partial charge in [0.1, 0.15) is 5.75 Å². The van der Waals surface area contributed by atoms with Gasteiger partial charge in [-0.15, -0.1) is 12.4 Å². The maximum absolute atomic E-state index is 12.7. The lowest BCUT2D eigenvalue weighted by Gasteiger charge is -2.21. The maximum atomic E-state index is 12.7. The van der Waals surface area contributed by atoms with Gasteiger partial charge in [-0.3, -0.25) is 0 Å². The van der Waals surface area contributed by atoms with Crippen molar-refractivity contribution in [1.82, 2.24) is 4.31 Å². The minimum atomic E-state index is -3.41. The van der Waals surface area contributed by atoms with Crippen molar-refractivity contribution in [3.05, 3.63) is 24.3 Å². The zero-order valence-electron chi connectivity index (χ0n) is 14.6. The van der Waals surface area contributed by atoms with Crippen molar-refractivity contribution in [2.45, 2.75) is 43.4 Å². The first kappa shape index (κ1) is 20.5. The summed E-state index contributed by atoms with van der Waals surface area (Å²) in [4.78, 5) is 0.338. The smallest absolute Gasteiger partial charge is 0.243 e. The van der Waals surface area contributed by atoms with Crippen LogP contribution in [0.4, 0.5) is 0 Å². The van der Waals surface area contributed by atoms with Crippen LogP contribution in [0.25, 0.3) is 0 Å². The SMILES string of the molecule is Cl.NCC1CCN(S(=O)(=O)c2ccc(OCC3CCCCC3)cc2)C1. The molecule has 0 aromatic heterocycles. The molecule has 142 valence electrons. The molecule has 3 rings (SSSR count). The summed E-state index contributed by atoms with van der Waals surface area (Å²) in [5.74, 6) is 1.67. The topological polar surface area (TPSA) is 72.6 Å². The second-order valence-electron chi connectivity index (χ2n) is 7.04. The van der Waals surface area contributed by atoms with Gasteiger partial charge in [0, 0.05) is 13.1 Å². The van der Waals surface area contributed by atoms with E-state index in [2.05, 4.69) is 0 Å². The fourth-order valence-corrected chi connectivity index (χ4v) is 5.16. The van der Waals surface area contributed by atoms with Crippen LogP contribution in [0.3, 0.4) is 0 Å². The molecule has 2 fully saturated rings. The van der Waals surface area contributed by atoms with E-state index >= 15 is 0 Å². The van der Waals surface area contributed by atoms with E-state index < -0.39 is 10.0 Å². The summed E-state index contributed by atoms with van der Waals surface area (Å²) in [6, 6.07) is 6.85. The molecule has 0 radical (unpaired) electrons. The Morgan fingerprint density at radius 1 is 1.04 bits per heavy atom. The Balaban J connectivity index is 0.00000225. The van der Waals surface area contributed by atoms with Crippen LogP contribution in [0.1, 0.15) is 38.5 Å². The Bertz CT molecular complexity index is 630. The first-order chi connectivity index (χ1) is 11.6. The normalized spacial score (nSPS) is 22.5. The van der Waals surface area contributed by atoms with E-state index in [4.69, 9.17) is 10.5 Å². The Labute approximate surface area is 157 Å². The summed E-state index contributed by atoms with van der Waals surface area (Å²) in [5.41, 5.74) is 5.65. The highest BCUT2D eigenvalue weighted by Gasteiger charge is 2.31. The summed E-state index contributed by atoms with van der Waals surface area (Å²) in [6.07, 6.45) is 7.26. The van der Waals surface area contributed by atoms with Gasteiger partial charge in [-0.05, 0) is 61.9 Å². The van der Waals surface area contributed by atoms with Gasteiger partial charge in [0.15, 0.2) is 0 Å². The van der Waals surface area contributed by atoms with Crippen molar-refractivity contribution in [2.75, 3.05) is 26.2 Å². The van der Waals surface area contributed by atoms with E-state index in [1.165, 1.54) is 32.1 Å². The molecule has 25 heavy (non-hydrogen) atoms. The zero-order chi connectivity index (χ0) is 17.0. The molecule has 2 N–H and O–H groups in total. The largest absolute Gasteiger partial charge is 0.493 e. The van der Waals surface area contributed by atoms with Crippen LogP contribution < -0.4 is 10.5 Å². The predicted molar refractivity (Wildman–Crippen MR) is 102 cm³/mol. The predicted octanol–water partition coefficient (Wildman–Crippen LogP) is 3.04. The van der Waals surface area contributed by atoms with Gasteiger partial charge in [-0.25, -0.2) is 8.42 Å². The Morgan fingerprint density at radius 2 is 1.72 bits per heavy atom. The lowest BCUT2D eigenvalue weighted by molar-refractivity contribution is 0.208. The van der Waals surface area contributed by atoms with Gasteiger partial charge in [-0.1, -0.05) is 19.3 Å². The van der Waals surface area contributed by atoms with Gasteiger partial charge in [0.05, 0.1) is 11.5 Å². The number of halogens is 1. The summed E-state index contributed by atoms with van der Waals surface area (Å²) in [6.45, 7) is 2.36. The third-order valence-corrected chi connectivity index (χ3v) is 7.13. The summed E-state index contributed by atoms with van der Waals surface area (Å²) in [7, 11) is -3.41. The fourth-order valence-electron chi connectivity index (χ4n) is 3.63. The van der Waals surface area contributed by atoms with Crippen molar-refractivity contribution in [3.63, 3.8) is 0 Å². The van der Waals surface area contributed by atoms with Crippen LogP contribution in [0.15, 0.2) is 29.2 Å². The van der Waals surface area contributed by atoms with Crippen molar-refractivity contribution in [2.24, 2.45) is 17.6 Å². The average Bonchev–Trinajstić information content (AvgIpc) is 3.11. The minimum Gasteiger partial charge on any atom is -0.493 e. The average molecular weight is 389 g/mol. The second kappa shape index (κ2) is 9.21. The third kappa shape index (κ3) is 5.09. The number of hydrogen-bond acceptors (Lipinski definition) is 4. The summed E-state index contributed by atoms with van der Waals surface area (Å²) >= 11 is 0. The highest BCUT2D eigenvalue weighted by atomic mass is 35.5. The number of rotatable bonds is 6. The number of nitrogens with two attached hydrogens (primary N) is 1. The molecule has 0 bridgehead atoms.